The van der Waals surface area contributed by atoms with Gasteiger partial charge in [-0.1, -0.05) is 18.0 Å². The Balaban J connectivity index is 0.00000182. The third kappa shape index (κ3) is 3.07. The highest BCUT2D eigenvalue weighted by atomic mass is 35.5. The van der Waals surface area contributed by atoms with Gasteiger partial charge in [-0.3, -0.25) is 4.98 Å². The standard InChI is InChI=1S/C18H20N4O2.ClH/c1-11-14(9-12-5-6-13(23-2)10-15(12)20-11)16-21-17(22-24-16)18(19)7-3-4-8-18;/h5-6,9-10H,3-4,7-8,19H2,1-2H3;1H. The Bertz CT molecular complexity index is 903. The van der Waals surface area contributed by atoms with Crippen molar-refractivity contribution in [3.63, 3.8) is 0 Å². The van der Waals surface area contributed by atoms with Gasteiger partial charge in [0.05, 0.1) is 29.4 Å². The predicted octanol–water partition coefficient (Wildman–Crippen LogP) is 3.75. The second kappa shape index (κ2) is 6.61. The van der Waals surface area contributed by atoms with Gasteiger partial charge in [0.25, 0.3) is 5.89 Å². The van der Waals surface area contributed by atoms with Gasteiger partial charge in [0.2, 0.25) is 0 Å². The molecule has 0 unspecified atom stereocenters. The quantitative estimate of drug-likeness (QED) is 0.765. The molecular weight excluding hydrogens is 340 g/mol. The van der Waals surface area contributed by atoms with E-state index in [1.165, 1.54) is 0 Å². The van der Waals surface area contributed by atoms with Crippen molar-refractivity contribution in [2.45, 2.75) is 38.1 Å². The van der Waals surface area contributed by atoms with Crippen LogP contribution < -0.4 is 10.5 Å². The van der Waals surface area contributed by atoms with Gasteiger partial charge in [-0.15, -0.1) is 12.4 Å². The Labute approximate surface area is 152 Å². The number of pyridine rings is 1. The van der Waals surface area contributed by atoms with Crippen LogP contribution >= 0.6 is 12.4 Å². The maximum absolute atomic E-state index is 6.42. The highest BCUT2D eigenvalue weighted by molar-refractivity contribution is 5.85. The first-order chi connectivity index (χ1) is 11.6. The lowest BCUT2D eigenvalue weighted by molar-refractivity contribution is 0.372. The highest BCUT2D eigenvalue weighted by Gasteiger charge is 2.36. The zero-order valence-electron chi connectivity index (χ0n) is 14.3. The molecule has 1 saturated carbocycles. The molecule has 0 bridgehead atoms. The van der Waals surface area contributed by atoms with Crippen LogP contribution in [0.5, 0.6) is 5.75 Å². The van der Waals surface area contributed by atoms with Gasteiger partial charge in [-0.25, -0.2) is 0 Å². The van der Waals surface area contributed by atoms with Crippen molar-refractivity contribution in [1.29, 1.82) is 0 Å². The van der Waals surface area contributed by atoms with Crippen molar-refractivity contribution in [3.05, 3.63) is 35.8 Å². The predicted molar refractivity (Wildman–Crippen MR) is 97.9 cm³/mol. The summed E-state index contributed by atoms with van der Waals surface area (Å²) in [6.07, 6.45) is 4.03. The van der Waals surface area contributed by atoms with E-state index in [0.717, 1.165) is 53.6 Å². The van der Waals surface area contributed by atoms with E-state index in [9.17, 15) is 0 Å². The lowest BCUT2D eigenvalue weighted by atomic mass is 9.98. The number of aryl methyl sites for hydroxylation is 1. The van der Waals surface area contributed by atoms with Gasteiger partial charge in [0.1, 0.15) is 5.75 Å². The number of rotatable bonds is 3. The third-order valence-corrected chi connectivity index (χ3v) is 4.81. The number of benzene rings is 1. The van der Waals surface area contributed by atoms with E-state index in [1.807, 2.05) is 31.2 Å². The molecule has 0 atom stereocenters. The second-order valence-electron chi connectivity index (χ2n) is 6.47. The van der Waals surface area contributed by atoms with Crippen LogP contribution in [0.3, 0.4) is 0 Å². The number of fused-ring (bicyclic) bond motifs is 1. The van der Waals surface area contributed by atoms with E-state index in [0.29, 0.717) is 11.7 Å². The summed E-state index contributed by atoms with van der Waals surface area (Å²) in [7, 11) is 1.65. The topological polar surface area (TPSA) is 87.1 Å². The normalized spacial score (nSPS) is 16.0. The third-order valence-electron chi connectivity index (χ3n) is 4.81. The second-order valence-corrected chi connectivity index (χ2v) is 6.47. The zero-order chi connectivity index (χ0) is 16.7. The number of methoxy groups -OCH3 is 1. The summed E-state index contributed by atoms with van der Waals surface area (Å²) in [5, 5.41) is 5.14. The van der Waals surface area contributed by atoms with Gasteiger partial charge in [0, 0.05) is 11.5 Å². The molecule has 1 fully saturated rings. The molecule has 1 aromatic carbocycles. The molecule has 132 valence electrons. The molecule has 2 heterocycles. The molecule has 0 aliphatic heterocycles. The van der Waals surface area contributed by atoms with Gasteiger partial charge in [-0.05, 0) is 38.0 Å². The average Bonchev–Trinajstić information content (AvgIpc) is 3.23. The molecule has 1 aliphatic rings. The lowest BCUT2D eigenvalue weighted by Gasteiger charge is -2.17. The van der Waals surface area contributed by atoms with Gasteiger partial charge in [-0.2, -0.15) is 4.98 Å². The number of nitrogens with two attached hydrogens (primary N) is 1. The fourth-order valence-corrected chi connectivity index (χ4v) is 3.35. The summed E-state index contributed by atoms with van der Waals surface area (Å²) in [6.45, 7) is 1.94. The van der Waals surface area contributed by atoms with E-state index in [-0.39, 0.29) is 12.4 Å². The van der Waals surface area contributed by atoms with Crippen LogP contribution in [0.25, 0.3) is 22.4 Å². The van der Waals surface area contributed by atoms with Gasteiger partial charge in [0.15, 0.2) is 5.82 Å². The van der Waals surface area contributed by atoms with Crippen molar-refractivity contribution in [2.75, 3.05) is 7.11 Å². The van der Waals surface area contributed by atoms with Crippen LogP contribution in [0.1, 0.15) is 37.2 Å². The molecule has 4 rings (SSSR count). The first-order valence-electron chi connectivity index (χ1n) is 8.18. The Hall–Kier alpha value is -2.18. The number of halogens is 1. The maximum atomic E-state index is 6.42. The average molecular weight is 361 g/mol. The Morgan fingerprint density at radius 1 is 1.16 bits per heavy atom. The molecule has 0 spiro atoms. The molecule has 0 amide bonds. The van der Waals surface area contributed by atoms with Gasteiger partial charge >= 0.3 is 0 Å². The number of ether oxygens (including phenoxy) is 1. The summed E-state index contributed by atoms with van der Waals surface area (Å²) < 4.78 is 10.8. The van der Waals surface area contributed by atoms with Crippen molar-refractivity contribution in [3.8, 4) is 17.2 Å². The highest BCUT2D eigenvalue weighted by Crippen LogP contribution is 2.36. The molecular formula is C18H21ClN4O2. The molecule has 7 heteroatoms. The van der Waals surface area contributed by atoms with Crippen LogP contribution in [0.4, 0.5) is 0 Å². The number of hydrogen-bond donors (Lipinski definition) is 1. The Morgan fingerprint density at radius 3 is 2.64 bits per heavy atom. The zero-order valence-corrected chi connectivity index (χ0v) is 15.1. The minimum atomic E-state index is -0.451. The summed E-state index contributed by atoms with van der Waals surface area (Å²) in [4.78, 5) is 9.21. The number of aromatic nitrogens is 3. The number of hydrogen-bond acceptors (Lipinski definition) is 6. The van der Waals surface area contributed by atoms with Crippen LogP contribution in [0.2, 0.25) is 0 Å². The van der Waals surface area contributed by atoms with Crippen LogP contribution in [0.15, 0.2) is 28.8 Å². The SMILES string of the molecule is COc1ccc2cc(-c3nc(C4(N)CCCC4)no3)c(C)nc2c1.Cl. The Morgan fingerprint density at radius 2 is 1.92 bits per heavy atom. The molecule has 2 aromatic heterocycles. The van der Waals surface area contributed by atoms with Crippen molar-refractivity contribution >= 4 is 23.3 Å². The van der Waals surface area contributed by atoms with Crippen molar-refractivity contribution in [2.24, 2.45) is 5.73 Å². The van der Waals surface area contributed by atoms with Crippen LogP contribution in [-0.4, -0.2) is 22.2 Å². The largest absolute Gasteiger partial charge is 0.497 e. The molecule has 0 radical (unpaired) electrons. The molecule has 0 saturated heterocycles. The van der Waals surface area contributed by atoms with Gasteiger partial charge < -0.3 is 15.0 Å². The monoisotopic (exact) mass is 360 g/mol. The van der Waals surface area contributed by atoms with E-state index in [4.69, 9.17) is 15.0 Å². The molecule has 6 nitrogen and oxygen atoms in total. The summed E-state index contributed by atoms with van der Waals surface area (Å²) in [5.41, 5.74) is 8.52. The summed E-state index contributed by atoms with van der Waals surface area (Å²) >= 11 is 0. The first-order valence-corrected chi connectivity index (χ1v) is 8.18. The van der Waals surface area contributed by atoms with Crippen LogP contribution in [-0.2, 0) is 5.54 Å². The van der Waals surface area contributed by atoms with Crippen molar-refractivity contribution in [1.82, 2.24) is 15.1 Å². The fraction of sp³-hybridized carbons (Fsp3) is 0.389. The van der Waals surface area contributed by atoms with E-state index in [1.54, 1.807) is 7.11 Å². The molecule has 1 aliphatic carbocycles. The minimum Gasteiger partial charge on any atom is -0.497 e. The van der Waals surface area contributed by atoms with Crippen LogP contribution in [0, 0.1) is 6.92 Å². The minimum absolute atomic E-state index is 0. The van der Waals surface area contributed by atoms with E-state index in [2.05, 4.69) is 15.1 Å². The number of nitrogens with zero attached hydrogens (tertiary/aromatic N) is 3. The molecule has 2 N–H and O–H groups in total. The van der Waals surface area contributed by atoms with E-state index >= 15 is 0 Å². The summed E-state index contributed by atoms with van der Waals surface area (Å²) in [6, 6.07) is 7.82. The van der Waals surface area contributed by atoms with Crippen molar-refractivity contribution < 1.29 is 9.26 Å². The molecule has 25 heavy (non-hydrogen) atoms. The first kappa shape index (κ1) is 17.6. The summed E-state index contributed by atoms with van der Waals surface area (Å²) in [5.74, 6) is 1.86. The lowest BCUT2D eigenvalue weighted by Crippen LogP contribution is -2.34. The Kier molecular flexibility index (Phi) is 4.67. The van der Waals surface area contributed by atoms with E-state index < -0.39 is 5.54 Å². The molecule has 3 aromatic rings. The fourth-order valence-electron chi connectivity index (χ4n) is 3.35. The smallest absolute Gasteiger partial charge is 0.259 e. The maximum Gasteiger partial charge on any atom is 0.259 e.